The maximum absolute atomic E-state index is 11.8. The van der Waals surface area contributed by atoms with Gasteiger partial charge in [0, 0.05) is 12.1 Å². The summed E-state index contributed by atoms with van der Waals surface area (Å²) in [4.78, 5) is 23.3. The van der Waals surface area contributed by atoms with Crippen molar-refractivity contribution in [2.45, 2.75) is 32.4 Å². The van der Waals surface area contributed by atoms with Crippen LogP contribution in [-0.4, -0.2) is 26.2 Å². The average Bonchev–Trinajstić information content (AvgIpc) is 2.41. The standard InChI is InChI=1S/C14H18N2O2Si/c1-19(2)16(11-7-4-3-5-8-11)15-12-9-6-10-13(17)14(12)18/h3-5,7-8,19H,6,9-10H2,1-2H3. The lowest BCUT2D eigenvalue weighted by Crippen LogP contribution is -2.35. The Labute approximate surface area is 114 Å². The van der Waals surface area contributed by atoms with E-state index in [2.05, 4.69) is 18.2 Å². The fourth-order valence-corrected chi connectivity index (χ4v) is 3.22. The SMILES string of the molecule is C[SiH](C)N(N=C1CCCC(=O)C1=O)c1ccccc1. The first kappa shape index (κ1) is 13.7. The second kappa shape index (κ2) is 5.93. The number of carbonyl (C=O) groups is 2. The van der Waals surface area contributed by atoms with Gasteiger partial charge in [0.1, 0.15) is 5.71 Å². The van der Waals surface area contributed by atoms with Crippen molar-refractivity contribution < 1.29 is 9.59 Å². The normalized spacial score (nSPS) is 18.2. The molecule has 0 radical (unpaired) electrons. The Bertz CT molecular complexity index is 511. The minimum absolute atomic E-state index is 0.302. The van der Waals surface area contributed by atoms with Crippen LogP contribution < -0.4 is 4.67 Å². The number of benzene rings is 1. The summed E-state index contributed by atoms with van der Waals surface area (Å²) in [5.74, 6) is -0.703. The van der Waals surface area contributed by atoms with Crippen LogP contribution in [0.5, 0.6) is 0 Å². The first-order chi connectivity index (χ1) is 9.09. The van der Waals surface area contributed by atoms with Crippen molar-refractivity contribution in [1.82, 2.24) is 0 Å². The molecule has 0 amide bonds. The molecule has 100 valence electrons. The lowest BCUT2D eigenvalue weighted by molar-refractivity contribution is -0.133. The number of carbonyl (C=O) groups excluding carboxylic acids is 2. The highest BCUT2D eigenvalue weighted by Gasteiger charge is 2.26. The highest BCUT2D eigenvalue weighted by atomic mass is 28.3. The minimum atomic E-state index is -1.25. The molecule has 1 aliphatic carbocycles. The molecule has 4 nitrogen and oxygen atoms in total. The number of hydrogen-bond acceptors (Lipinski definition) is 4. The number of Topliss-reactive ketones (excluding diaryl/α,β-unsaturated/α-hetero) is 2. The van der Waals surface area contributed by atoms with Crippen LogP contribution in [0.15, 0.2) is 35.4 Å². The highest BCUT2D eigenvalue weighted by Crippen LogP contribution is 2.18. The van der Waals surface area contributed by atoms with E-state index in [1.165, 1.54) is 0 Å². The van der Waals surface area contributed by atoms with Crippen molar-refractivity contribution >= 4 is 31.9 Å². The number of rotatable bonds is 3. The summed E-state index contributed by atoms with van der Waals surface area (Å²) in [6.07, 6.45) is 1.70. The lowest BCUT2D eigenvalue weighted by atomic mass is 9.96. The third-order valence-electron chi connectivity index (χ3n) is 3.07. The summed E-state index contributed by atoms with van der Waals surface area (Å²) in [7, 11) is -1.25. The molecule has 0 aliphatic heterocycles. The van der Waals surface area contributed by atoms with Gasteiger partial charge in [-0.25, -0.2) is 0 Å². The molecular formula is C14H18N2O2Si. The lowest BCUT2D eigenvalue weighted by Gasteiger charge is -2.25. The van der Waals surface area contributed by atoms with Crippen molar-refractivity contribution in [2.24, 2.45) is 5.10 Å². The van der Waals surface area contributed by atoms with Crippen molar-refractivity contribution in [1.29, 1.82) is 0 Å². The third kappa shape index (κ3) is 3.17. The van der Waals surface area contributed by atoms with Gasteiger partial charge < -0.3 is 0 Å². The van der Waals surface area contributed by atoms with Crippen LogP contribution >= 0.6 is 0 Å². The molecule has 2 rings (SSSR count). The fraction of sp³-hybridized carbons (Fsp3) is 0.357. The van der Waals surface area contributed by atoms with Crippen LogP contribution in [-0.2, 0) is 9.59 Å². The Kier molecular flexibility index (Phi) is 4.26. The Morgan fingerprint density at radius 3 is 2.42 bits per heavy atom. The predicted molar refractivity (Wildman–Crippen MR) is 79.1 cm³/mol. The van der Waals surface area contributed by atoms with Crippen molar-refractivity contribution in [3.05, 3.63) is 30.3 Å². The molecular weight excluding hydrogens is 256 g/mol. The number of nitrogens with zero attached hydrogens (tertiary/aromatic N) is 2. The van der Waals surface area contributed by atoms with Crippen LogP contribution in [0.3, 0.4) is 0 Å². The Balaban J connectivity index is 2.31. The number of para-hydroxylation sites is 1. The van der Waals surface area contributed by atoms with Gasteiger partial charge in [-0.05, 0) is 25.0 Å². The molecule has 5 heteroatoms. The first-order valence-corrected chi connectivity index (χ1v) is 9.41. The maximum atomic E-state index is 11.8. The van der Waals surface area contributed by atoms with Crippen LogP contribution in [0.25, 0.3) is 0 Å². The first-order valence-electron chi connectivity index (χ1n) is 6.59. The van der Waals surface area contributed by atoms with Gasteiger partial charge in [-0.15, -0.1) is 0 Å². The molecule has 1 aromatic rings. The topological polar surface area (TPSA) is 49.7 Å². The van der Waals surface area contributed by atoms with Gasteiger partial charge in [0.15, 0.2) is 8.96 Å². The smallest absolute Gasteiger partial charge is 0.244 e. The predicted octanol–water partition coefficient (Wildman–Crippen LogP) is 2.15. The van der Waals surface area contributed by atoms with Gasteiger partial charge in [0.05, 0.1) is 0 Å². The zero-order valence-corrected chi connectivity index (χ0v) is 12.5. The summed E-state index contributed by atoms with van der Waals surface area (Å²) in [6, 6.07) is 9.81. The molecule has 0 bridgehead atoms. The van der Waals surface area contributed by atoms with E-state index < -0.39 is 14.7 Å². The van der Waals surface area contributed by atoms with Gasteiger partial charge in [-0.3, -0.25) is 14.3 Å². The third-order valence-corrected chi connectivity index (χ3v) is 4.46. The van der Waals surface area contributed by atoms with E-state index in [4.69, 9.17) is 0 Å². The largest absolute Gasteiger partial charge is 0.298 e. The van der Waals surface area contributed by atoms with Gasteiger partial charge in [-0.1, -0.05) is 31.3 Å². The van der Waals surface area contributed by atoms with E-state index >= 15 is 0 Å². The van der Waals surface area contributed by atoms with Gasteiger partial charge in [0.25, 0.3) is 0 Å². The molecule has 0 unspecified atom stereocenters. The summed E-state index contributed by atoms with van der Waals surface area (Å²) >= 11 is 0. The van der Waals surface area contributed by atoms with Crippen LogP contribution in [0.4, 0.5) is 5.69 Å². The number of anilines is 1. The van der Waals surface area contributed by atoms with Crippen LogP contribution in [0.2, 0.25) is 13.1 Å². The van der Waals surface area contributed by atoms with Gasteiger partial charge in [-0.2, -0.15) is 5.10 Å². The van der Waals surface area contributed by atoms with Gasteiger partial charge >= 0.3 is 0 Å². The molecule has 1 aliphatic rings. The zero-order valence-electron chi connectivity index (χ0n) is 11.3. The summed E-state index contributed by atoms with van der Waals surface area (Å²) in [6.45, 7) is 4.29. The molecule has 19 heavy (non-hydrogen) atoms. The Morgan fingerprint density at radius 1 is 1.11 bits per heavy atom. The quantitative estimate of drug-likeness (QED) is 0.482. The molecule has 0 N–H and O–H groups in total. The molecule has 0 aromatic heterocycles. The summed E-state index contributed by atoms with van der Waals surface area (Å²) in [5, 5.41) is 4.48. The Morgan fingerprint density at radius 2 is 1.79 bits per heavy atom. The number of hydrazone groups is 1. The second-order valence-electron chi connectivity index (χ2n) is 4.93. The van der Waals surface area contributed by atoms with E-state index in [0.29, 0.717) is 18.6 Å². The van der Waals surface area contributed by atoms with Crippen molar-refractivity contribution in [2.75, 3.05) is 4.67 Å². The molecule has 1 aromatic carbocycles. The second-order valence-corrected chi connectivity index (χ2v) is 7.60. The highest BCUT2D eigenvalue weighted by molar-refractivity contribution is 6.67. The van der Waals surface area contributed by atoms with Crippen LogP contribution in [0, 0.1) is 0 Å². The zero-order chi connectivity index (χ0) is 13.8. The maximum Gasteiger partial charge on any atom is 0.244 e. The van der Waals surface area contributed by atoms with E-state index in [0.717, 1.165) is 12.1 Å². The van der Waals surface area contributed by atoms with E-state index in [-0.39, 0.29) is 5.78 Å². The van der Waals surface area contributed by atoms with Crippen LogP contribution in [0.1, 0.15) is 19.3 Å². The number of ketones is 2. The van der Waals surface area contributed by atoms with Gasteiger partial charge in [0.2, 0.25) is 11.6 Å². The van der Waals surface area contributed by atoms with E-state index in [1.807, 2.05) is 35.0 Å². The van der Waals surface area contributed by atoms with E-state index in [1.54, 1.807) is 0 Å². The molecule has 0 spiro atoms. The average molecular weight is 274 g/mol. The Hall–Kier alpha value is -1.75. The molecule has 0 atom stereocenters. The minimum Gasteiger partial charge on any atom is -0.298 e. The van der Waals surface area contributed by atoms with Crippen molar-refractivity contribution in [3.8, 4) is 0 Å². The molecule has 0 heterocycles. The monoisotopic (exact) mass is 274 g/mol. The molecule has 1 fully saturated rings. The van der Waals surface area contributed by atoms with Crippen molar-refractivity contribution in [3.63, 3.8) is 0 Å². The summed E-state index contributed by atoms with van der Waals surface area (Å²) < 4.78 is 1.94. The van der Waals surface area contributed by atoms with E-state index in [9.17, 15) is 9.59 Å². The fourth-order valence-electron chi connectivity index (χ4n) is 2.08. The number of hydrogen-bond donors (Lipinski definition) is 0. The molecule has 0 saturated heterocycles. The summed E-state index contributed by atoms with van der Waals surface area (Å²) in [5.41, 5.74) is 1.41. The molecule has 1 saturated carbocycles.